The van der Waals surface area contributed by atoms with Crippen molar-refractivity contribution in [2.75, 3.05) is 24.2 Å². The summed E-state index contributed by atoms with van der Waals surface area (Å²) in [5.41, 5.74) is 7.33. The number of amides is 1. The molecule has 0 radical (unpaired) electrons. The van der Waals surface area contributed by atoms with E-state index in [1.807, 2.05) is 6.07 Å². The fraction of sp³-hybridized carbons (Fsp3) is 0.429. The highest BCUT2D eigenvalue weighted by molar-refractivity contribution is 5.96. The Morgan fingerprint density at radius 3 is 3.00 bits per heavy atom. The van der Waals surface area contributed by atoms with Gasteiger partial charge in [-0.3, -0.25) is 4.79 Å². The van der Waals surface area contributed by atoms with E-state index >= 15 is 0 Å². The van der Waals surface area contributed by atoms with Crippen LogP contribution in [0, 0.1) is 0 Å². The number of ether oxygens (including phenoxy) is 1. The van der Waals surface area contributed by atoms with Crippen LogP contribution < -0.4 is 16.4 Å². The summed E-state index contributed by atoms with van der Waals surface area (Å²) in [6, 6.07) is 5.33. The number of benzene rings is 1. The summed E-state index contributed by atoms with van der Waals surface area (Å²) in [4.78, 5) is 22.9. The lowest BCUT2D eigenvalue weighted by atomic mass is 10.1. The first kappa shape index (κ1) is 14.2. The zero-order chi connectivity index (χ0) is 14.5. The summed E-state index contributed by atoms with van der Waals surface area (Å²) in [7, 11) is 0. The number of hydrogen-bond acceptors (Lipinski definition) is 5. The Hall–Kier alpha value is -2.24. The normalized spacial score (nSPS) is 18.2. The summed E-state index contributed by atoms with van der Waals surface area (Å²) in [6.07, 6.45) is 1.28. The maximum absolute atomic E-state index is 11.8. The molecule has 0 spiro atoms. The molecular formula is C14H19N3O3. The smallest absolute Gasteiger partial charge is 0.340 e. The van der Waals surface area contributed by atoms with E-state index in [2.05, 4.69) is 10.6 Å². The van der Waals surface area contributed by atoms with E-state index in [0.717, 1.165) is 12.1 Å². The number of anilines is 2. The molecule has 1 atom stereocenters. The van der Waals surface area contributed by atoms with Gasteiger partial charge in [-0.2, -0.15) is 0 Å². The number of esters is 1. The van der Waals surface area contributed by atoms with Gasteiger partial charge < -0.3 is 21.1 Å². The lowest BCUT2D eigenvalue weighted by Gasteiger charge is -2.24. The lowest BCUT2D eigenvalue weighted by molar-refractivity contribution is -0.122. The molecule has 0 bridgehead atoms. The molecule has 0 aliphatic carbocycles. The Morgan fingerprint density at radius 1 is 1.55 bits per heavy atom. The molecule has 20 heavy (non-hydrogen) atoms. The number of rotatable bonds is 4. The van der Waals surface area contributed by atoms with Crippen LogP contribution in [-0.2, 0) is 9.53 Å². The standard InChI is InChI=1S/C14H19N3O3/c1-2-20-14(19)11-7-9(3-5-12(11)15)17-10-4-6-13(18)16-8-10/h3,5,7,10,17H,2,4,6,8,15H2,1H3,(H,16,18). The molecule has 2 rings (SSSR count). The van der Waals surface area contributed by atoms with Gasteiger partial charge in [0.05, 0.1) is 12.2 Å². The highest BCUT2D eigenvalue weighted by atomic mass is 16.5. The molecule has 1 unspecified atom stereocenters. The third-order valence-electron chi connectivity index (χ3n) is 3.18. The zero-order valence-electron chi connectivity index (χ0n) is 11.4. The van der Waals surface area contributed by atoms with Crippen LogP contribution in [-0.4, -0.2) is 31.1 Å². The van der Waals surface area contributed by atoms with Crippen molar-refractivity contribution in [2.24, 2.45) is 0 Å². The van der Waals surface area contributed by atoms with Gasteiger partial charge >= 0.3 is 5.97 Å². The van der Waals surface area contributed by atoms with Crippen LogP contribution in [0.1, 0.15) is 30.1 Å². The number of carbonyl (C=O) groups is 2. The van der Waals surface area contributed by atoms with Crippen molar-refractivity contribution in [1.29, 1.82) is 0 Å². The number of piperidine rings is 1. The van der Waals surface area contributed by atoms with Gasteiger partial charge in [0.1, 0.15) is 0 Å². The largest absolute Gasteiger partial charge is 0.462 e. The molecule has 4 N–H and O–H groups in total. The number of nitrogens with two attached hydrogens (primary N) is 1. The molecule has 1 aromatic rings. The van der Waals surface area contributed by atoms with Gasteiger partial charge in [0.2, 0.25) is 5.91 Å². The Labute approximate surface area is 117 Å². The lowest BCUT2D eigenvalue weighted by Crippen LogP contribution is -2.41. The second-order valence-electron chi connectivity index (χ2n) is 4.71. The van der Waals surface area contributed by atoms with Crippen molar-refractivity contribution in [1.82, 2.24) is 5.32 Å². The highest BCUT2D eigenvalue weighted by Crippen LogP contribution is 2.20. The summed E-state index contributed by atoms with van der Waals surface area (Å²) >= 11 is 0. The fourth-order valence-corrected chi connectivity index (χ4v) is 2.12. The molecule has 6 heteroatoms. The Bertz CT molecular complexity index is 506. The Kier molecular flexibility index (Phi) is 4.45. The van der Waals surface area contributed by atoms with Gasteiger partial charge in [0.15, 0.2) is 0 Å². The van der Waals surface area contributed by atoms with Gasteiger partial charge in [0, 0.05) is 30.4 Å². The maximum Gasteiger partial charge on any atom is 0.340 e. The van der Waals surface area contributed by atoms with Crippen LogP contribution in [0.3, 0.4) is 0 Å². The number of nitrogens with one attached hydrogen (secondary N) is 2. The minimum atomic E-state index is -0.425. The molecule has 1 aliphatic rings. The molecule has 1 fully saturated rings. The van der Waals surface area contributed by atoms with Crippen LogP contribution in [0.2, 0.25) is 0 Å². The van der Waals surface area contributed by atoms with E-state index < -0.39 is 5.97 Å². The monoisotopic (exact) mass is 277 g/mol. The molecule has 1 aromatic carbocycles. The van der Waals surface area contributed by atoms with Gasteiger partial charge in [-0.05, 0) is 31.5 Å². The molecule has 1 heterocycles. The van der Waals surface area contributed by atoms with Crippen LogP contribution in [0.4, 0.5) is 11.4 Å². The quantitative estimate of drug-likeness (QED) is 0.567. The van der Waals surface area contributed by atoms with E-state index in [1.165, 1.54) is 0 Å². The van der Waals surface area contributed by atoms with Crippen molar-refractivity contribution in [3.05, 3.63) is 23.8 Å². The molecule has 1 aliphatic heterocycles. The van der Waals surface area contributed by atoms with E-state index in [1.54, 1.807) is 19.1 Å². The number of hydrogen-bond donors (Lipinski definition) is 3. The number of nitrogen functional groups attached to an aromatic ring is 1. The first-order chi connectivity index (χ1) is 9.60. The van der Waals surface area contributed by atoms with Crippen molar-refractivity contribution in [3.63, 3.8) is 0 Å². The predicted octanol–water partition coefficient (Wildman–Crippen LogP) is 1.14. The van der Waals surface area contributed by atoms with Crippen LogP contribution in [0.15, 0.2) is 18.2 Å². The fourth-order valence-electron chi connectivity index (χ4n) is 2.12. The van der Waals surface area contributed by atoms with Gasteiger partial charge in [0.25, 0.3) is 0 Å². The highest BCUT2D eigenvalue weighted by Gasteiger charge is 2.18. The first-order valence-electron chi connectivity index (χ1n) is 6.70. The third kappa shape index (κ3) is 3.40. The summed E-state index contributed by atoms with van der Waals surface area (Å²) in [6.45, 7) is 2.64. The van der Waals surface area contributed by atoms with Crippen molar-refractivity contribution in [3.8, 4) is 0 Å². The van der Waals surface area contributed by atoms with E-state index in [4.69, 9.17) is 10.5 Å². The molecule has 6 nitrogen and oxygen atoms in total. The zero-order valence-corrected chi connectivity index (χ0v) is 11.4. The SMILES string of the molecule is CCOC(=O)c1cc(NC2CCC(=O)NC2)ccc1N. The second-order valence-corrected chi connectivity index (χ2v) is 4.71. The Morgan fingerprint density at radius 2 is 2.35 bits per heavy atom. The summed E-state index contributed by atoms with van der Waals surface area (Å²) < 4.78 is 4.96. The topological polar surface area (TPSA) is 93.4 Å². The van der Waals surface area contributed by atoms with Gasteiger partial charge in [-0.25, -0.2) is 4.79 Å². The minimum absolute atomic E-state index is 0.0765. The van der Waals surface area contributed by atoms with E-state index in [9.17, 15) is 9.59 Å². The average Bonchev–Trinajstić information content (AvgIpc) is 2.43. The molecular weight excluding hydrogens is 258 g/mol. The maximum atomic E-state index is 11.8. The molecule has 1 amide bonds. The second kappa shape index (κ2) is 6.27. The average molecular weight is 277 g/mol. The number of carbonyl (C=O) groups excluding carboxylic acids is 2. The Balaban J connectivity index is 2.07. The van der Waals surface area contributed by atoms with Crippen LogP contribution in [0.5, 0.6) is 0 Å². The van der Waals surface area contributed by atoms with Gasteiger partial charge in [-0.15, -0.1) is 0 Å². The van der Waals surface area contributed by atoms with Crippen LogP contribution >= 0.6 is 0 Å². The predicted molar refractivity (Wildman–Crippen MR) is 76.5 cm³/mol. The molecule has 108 valence electrons. The van der Waals surface area contributed by atoms with Crippen LogP contribution in [0.25, 0.3) is 0 Å². The first-order valence-corrected chi connectivity index (χ1v) is 6.70. The molecule has 0 aromatic heterocycles. The molecule has 1 saturated heterocycles. The van der Waals surface area contributed by atoms with Crippen molar-refractivity contribution in [2.45, 2.75) is 25.8 Å². The van der Waals surface area contributed by atoms with Crippen molar-refractivity contribution < 1.29 is 14.3 Å². The summed E-state index contributed by atoms with van der Waals surface area (Å²) in [5, 5.41) is 6.09. The minimum Gasteiger partial charge on any atom is -0.462 e. The van der Waals surface area contributed by atoms with Gasteiger partial charge in [-0.1, -0.05) is 0 Å². The van der Waals surface area contributed by atoms with Crippen molar-refractivity contribution >= 4 is 23.3 Å². The third-order valence-corrected chi connectivity index (χ3v) is 3.18. The van der Waals surface area contributed by atoms with E-state index in [-0.39, 0.29) is 11.9 Å². The summed E-state index contributed by atoms with van der Waals surface area (Å²) in [5.74, 6) is -0.349. The molecule has 0 saturated carbocycles. The van der Waals surface area contributed by atoms with E-state index in [0.29, 0.717) is 30.8 Å².